The largest absolute Gasteiger partial charge is 0.456 e. The lowest BCUT2D eigenvalue weighted by molar-refractivity contribution is 0.669. The number of amidine groups is 1. The first-order chi connectivity index (χ1) is 9.33. The number of fused-ring (bicyclic) bond motifs is 3. The van der Waals surface area contributed by atoms with Gasteiger partial charge in [0, 0.05) is 22.9 Å². The third-order valence-electron chi connectivity index (χ3n) is 3.09. The van der Waals surface area contributed by atoms with Gasteiger partial charge in [-0.1, -0.05) is 24.3 Å². The Morgan fingerprint density at radius 1 is 1.11 bits per heavy atom. The summed E-state index contributed by atoms with van der Waals surface area (Å²) in [6.07, 6.45) is 0. The highest BCUT2D eigenvalue weighted by molar-refractivity contribution is 6.09. The van der Waals surface area contributed by atoms with E-state index < -0.39 is 0 Å². The highest BCUT2D eigenvalue weighted by atomic mass is 16.3. The topological polar surface area (TPSA) is 37.9 Å². The molecule has 0 aliphatic heterocycles. The van der Waals surface area contributed by atoms with Crippen LogP contribution in [0.4, 0.5) is 0 Å². The van der Waals surface area contributed by atoms with Crippen molar-refractivity contribution in [3.63, 3.8) is 0 Å². The number of furan rings is 1. The van der Waals surface area contributed by atoms with E-state index in [-0.39, 0.29) is 0 Å². The summed E-state index contributed by atoms with van der Waals surface area (Å²) in [5, 5.41) is 2.24. The molecule has 0 bridgehead atoms. The third kappa shape index (κ3) is 1.93. The van der Waals surface area contributed by atoms with Crippen LogP contribution in [0.25, 0.3) is 21.9 Å². The summed E-state index contributed by atoms with van der Waals surface area (Å²) < 4.78 is 5.85. The summed E-state index contributed by atoms with van der Waals surface area (Å²) in [7, 11) is 0. The second-order valence-electron chi connectivity index (χ2n) is 4.27. The molecule has 0 fully saturated rings. The number of hydrogen-bond donors (Lipinski definition) is 0. The summed E-state index contributed by atoms with van der Waals surface area (Å²) in [6.45, 7) is 6.23. The SMILES string of the molecule is C=NC(=NCC)c1ccc2c(c1)oc1ccccc12. The lowest BCUT2D eigenvalue weighted by Crippen LogP contribution is -1.96. The second-order valence-corrected chi connectivity index (χ2v) is 4.27. The lowest BCUT2D eigenvalue weighted by Gasteiger charge is -1.99. The van der Waals surface area contributed by atoms with Crippen LogP contribution in [0.3, 0.4) is 0 Å². The molecule has 19 heavy (non-hydrogen) atoms. The molecule has 0 amide bonds. The lowest BCUT2D eigenvalue weighted by atomic mass is 10.1. The molecule has 0 atom stereocenters. The van der Waals surface area contributed by atoms with Gasteiger partial charge in [0.25, 0.3) is 0 Å². The van der Waals surface area contributed by atoms with Gasteiger partial charge in [0.15, 0.2) is 5.84 Å². The van der Waals surface area contributed by atoms with E-state index >= 15 is 0 Å². The molecule has 0 spiro atoms. The summed E-state index contributed by atoms with van der Waals surface area (Å²) in [5.41, 5.74) is 2.68. The quantitative estimate of drug-likeness (QED) is 0.499. The smallest absolute Gasteiger partial charge is 0.154 e. The zero-order valence-electron chi connectivity index (χ0n) is 10.8. The minimum absolute atomic E-state index is 0.657. The van der Waals surface area contributed by atoms with Crippen molar-refractivity contribution in [3.05, 3.63) is 48.0 Å². The van der Waals surface area contributed by atoms with Crippen molar-refractivity contribution in [2.24, 2.45) is 9.98 Å². The molecule has 0 radical (unpaired) electrons. The molecule has 0 aliphatic carbocycles. The Hall–Kier alpha value is -2.42. The standard InChI is InChI=1S/C16H14N2O/c1-3-18-16(17-2)11-8-9-13-12-6-4-5-7-14(12)19-15(13)10-11/h4-10H,2-3H2,1H3. The summed E-state index contributed by atoms with van der Waals surface area (Å²) in [6, 6.07) is 14.1. The van der Waals surface area contributed by atoms with Crippen LogP contribution < -0.4 is 0 Å². The van der Waals surface area contributed by atoms with Gasteiger partial charge in [-0.15, -0.1) is 0 Å². The van der Waals surface area contributed by atoms with E-state index in [2.05, 4.69) is 22.8 Å². The predicted octanol–water partition coefficient (Wildman–Crippen LogP) is 4.05. The van der Waals surface area contributed by atoms with Crippen LogP contribution in [0.1, 0.15) is 12.5 Å². The minimum Gasteiger partial charge on any atom is -0.456 e. The van der Waals surface area contributed by atoms with E-state index in [1.807, 2.05) is 43.3 Å². The van der Waals surface area contributed by atoms with E-state index in [9.17, 15) is 0 Å². The fourth-order valence-corrected chi connectivity index (χ4v) is 2.25. The second kappa shape index (κ2) is 4.69. The molecule has 2 aromatic carbocycles. The Kier molecular flexibility index (Phi) is 2.88. The number of benzene rings is 2. The first-order valence-electron chi connectivity index (χ1n) is 6.26. The summed E-state index contributed by atoms with van der Waals surface area (Å²) >= 11 is 0. The van der Waals surface area contributed by atoms with Gasteiger partial charge in [0.05, 0.1) is 0 Å². The van der Waals surface area contributed by atoms with Gasteiger partial charge in [0.2, 0.25) is 0 Å². The molecular formula is C16H14N2O. The third-order valence-corrected chi connectivity index (χ3v) is 3.09. The molecule has 0 saturated carbocycles. The van der Waals surface area contributed by atoms with Crippen LogP contribution in [-0.2, 0) is 0 Å². The fraction of sp³-hybridized carbons (Fsp3) is 0.125. The van der Waals surface area contributed by atoms with Crippen molar-refractivity contribution >= 4 is 34.5 Å². The van der Waals surface area contributed by atoms with Crippen LogP contribution in [0, 0.1) is 0 Å². The van der Waals surface area contributed by atoms with Crippen LogP contribution >= 0.6 is 0 Å². The molecule has 3 aromatic rings. The predicted molar refractivity (Wildman–Crippen MR) is 80.3 cm³/mol. The molecule has 0 saturated heterocycles. The average Bonchev–Trinajstić information content (AvgIpc) is 2.82. The zero-order chi connectivity index (χ0) is 13.2. The van der Waals surface area contributed by atoms with Crippen molar-refractivity contribution in [1.29, 1.82) is 0 Å². The van der Waals surface area contributed by atoms with Crippen molar-refractivity contribution in [3.8, 4) is 0 Å². The molecule has 3 rings (SSSR count). The molecular weight excluding hydrogens is 236 g/mol. The average molecular weight is 250 g/mol. The van der Waals surface area contributed by atoms with Crippen LogP contribution in [0.15, 0.2) is 56.9 Å². The van der Waals surface area contributed by atoms with Gasteiger partial charge in [-0.2, -0.15) is 0 Å². The Bertz CT molecular complexity index is 784. The Morgan fingerprint density at radius 3 is 2.68 bits per heavy atom. The molecule has 3 heteroatoms. The number of para-hydroxylation sites is 1. The monoisotopic (exact) mass is 250 g/mol. The normalized spacial score (nSPS) is 12.2. The van der Waals surface area contributed by atoms with E-state index in [0.717, 1.165) is 27.5 Å². The van der Waals surface area contributed by atoms with Crippen molar-refractivity contribution < 1.29 is 4.42 Å². The molecule has 94 valence electrons. The van der Waals surface area contributed by atoms with E-state index in [0.29, 0.717) is 12.4 Å². The number of aliphatic imine (C=N–C) groups is 2. The maximum absolute atomic E-state index is 5.85. The molecule has 1 aromatic heterocycles. The maximum Gasteiger partial charge on any atom is 0.154 e. The Labute approximate surface area is 111 Å². The van der Waals surface area contributed by atoms with Gasteiger partial charge < -0.3 is 4.42 Å². The first-order valence-corrected chi connectivity index (χ1v) is 6.26. The molecule has 0 unspecified atom stereocenters. The van der Waals surface area contributed by atoms with E-state index in [1.54, 1.807) is 0 Å². The van der Waals surface area contributed by atoms with Gasteiger partial charge in [-0.05, 0) is 31.8 Å². The van der Waals surface area contributed by atoms with Crippen molar-refractivity contribution in [2.75, 3.05) is 6.54 Å². The maximum atomic E-state index is 5.85. The van der Waals surface area contributed by atoms with Gasteiger partial charge in [0.1, 0.15) is 11.2 Å². The highest BCUT2D eigenvalue weighted by Crippen LogP contribution is 2.29. The number of rotatable bonds is 2. The van der Waals surface area contributed by atoms with Gasteiger partial charge in [-0.3, -0.25) is 4.99 Å². The van der Waals surface area contributed by atoms with Gasteiger partial charge >= 0.3 is 0 Å². The molecule has 3 nitrogen and oxygen atoms in total. The summed E-state index contributed by atoms with van der Waals surface area (Å²) in [4.78, 5) is 8.29. The van der Waals surface area contributed by atoms with Crippen molar-refractivity contribution in [2.45, 2.75) is 6.92 Å². The van der Waals surface area contributed by atoms with Crippen LogP contribution in [0.5, 0.6) is 0 Å². The summed E-state index contributed by atoms with van der Waals surface area (Å²) in [5.74, 6) is 0.657. The molecule has 1 heterocycles. The number of hydrogen-bond acceptors (Lipinski definition) is 2. The zero-order valence-corrected chi connectivity index (χ0v) is 10.8. The fourth-order valence-electron chi connectivity index (χ4n) is 2.25. The van der Waals surface area contributed by atoms with Gasteiger partial charge in [-0.25, -0.2) is 4.99 Å². The van der Waals surface area contributed by atoms with E-state index in [1.165, 1.54) is 0 Å². The minimum atomic E-state index is 0.657. The highest BCUT2D eigenvalue weighted by Gasteiger charge is 2.08. The van der Waals surface area contributed by atoms with Crippen LogP contribution in [0.2, 0.25) is 0 Å². The van der Waals surface area contributed by atoms with Crippen molar-refractivity contribution in [1.82, 2.24) is 0 Å². The van der Waals surface area contributed by atoms with E-state index in [4.69, 9.17) is 4.42 Å². The number of nitrogens with zero attached hydrogens (tertiary/aromatic N) is 2. The molecule has 0 aliphatic rings. The molecule has 0 N–H and O–H groups in total. The Balaban J connectivity index is 2.23. The van der Waals surface area contributed by atoms with Crippen LogP contribution in [-0.4, -0.2) is 19.1 Å². The first kappa shape index (κ1) is 11.7. The Morgan fingerprint density at radius 2 is 1.89 bits per heavy atom.